The summed E-state index contributed by atoms with van der Waals surface area (Å²) in [7, 11) is 0. The average Bonchev–Trinajstić information content (AvgIpc) is 3.26. The Morgan fingerprint density at radius 3 is 2.57 bits per heavy atom. The molecular formula is C35H41BrN6O7. The molecule has 0 bridgehead atoms. The van der Waals surface area contributed by atoms with Crippen LogP contribution in [0.4, 0.5) is 15.3 Å². The molecule has 5 rings (SSSR count). The largest absolute Gasteiger partial charge is 0.507 e. The number of piperidine rings is 1. The fourth-order valence-corrected chi connectivity index (χ4v) is 6.51. The molecule has 0 unspecified atom stereocenters. The molecule has 0 aromatic heterocycles. The van der Waals surface area contributed by atoms with E-state index < -0.39 is 18.1 Å². The number of carbonyl (C=O) groups excluding carboxylic acids is 4. The van der Waals surface area contributed by atoms with Gasteiger partial charge in [0.25, 0.3) is 5.91 Å². The van der Waals surface area contributed by atoms with Gasteiger partial charge in [-0.05, 0) is 77.2 Å². The lowest BCUT2D eigenvalue weighted by molar-refractivity contribution is -0.144. The number of nitrogens with zero attached hydrogens (tertiary/aromatic N) is 5. The van der Waals surface area contributed by atoms with Crippen molar-refractivity contribution in [3.63, 3.8) is 0 Å². The third-order valence-corrected chi connectivity index (χ3v) is 9.43. The lowest BCUT2D eigenvalue weighted by Crippen LogP contribution is -2.50. The SMILES string of the molecule is CCOC(=O)CN1CCN(C=C=C=NC(=O)[C@@H](Cc2ccc(O)c(Br)c2)OC(=O)N2CCC(N3CCc4ccccc4NC3=O)CC2)CC1. The van der Waals surface area contributed by atoms with E-state index in [1.807, 2.05) is 39.0 Å². The molecule has 49 heavy (non-hydrogen) atoms. The summed E-state index contributed by atoms with van der Waals surface area (Å²) in [4.78, 5) is 62.6. The first-order valence-electron chi connectivity index (χ1n) is 16.5. The maximum Gasteiger partial charge on any atom is 0.410 e. The maximum atomic E-state index is 13.3. The Hall–Kier alpha value is -4.61. The molecule has 0 spiro atoms. The topological polar surface area (TPSA) is 144 Å². The van der Waals surface area contributed by atoms with E-state index in [2.05, 4.69) is 37.8 Å². The first-order valence-corrected chi connectivity index (χ1v) is 17.3. The predicted molar refractivity (Wildman–Crippen MR) is 185 cm³/mol. The van der Waals surface area contributed by atoms with Gasteiger partial charge in [0.05, 0.1) is 23.8 Å². The van der Waals surface area contributed by atoms with E-state index in [4.69, 9.17) is 9.47 Å². The van der Waals surface area contributed by atoms with Crippen LogP contribution in [0.1, 0.15) is 30.9 Å². The maximum absolute atomic E-state index is 13.3. The number of fused-ring (bicyclic) bond motifs is 1. The first kappa shape index (κ1) is 35.7. The number of anilines is 1. The van der Waals surface area contributed by atoms with Crippen molar-refractivity contribution >= 4 is 51.5 Å². The van der Waals surface area contributed by atoms with Crippen LogP contribution in [-0.2, 0) is 31.9 Å². The number of amides is 4. The van der Waals surface area contributed by atoms with Gasteiger partial charge < -0.3 is 34.6 Å². The number of para-hydroxylation sites is 1. The van der Waals surface area contributed by atoms with Crippen molar-refractivity contribution in [1.82, 2.24) is 19.6 Å². The van der Waals surface area contributed by atoms with Crippen molar-refractivity contribution in [3.8, 4) is 5.75 Å². The highest BCUT2D eigenvalue weighted by molar-refractivity contribution is 9.10. The Balaban J connectivity index is 1.18. The molecule has 4 amide bonds. The van der Waals surface area contributed by atoms with Crippen molar-refractivity contribution in [2.45, 2.75) is 44.8 Å². The highest BCUT2D eigenvalue weighted by atomic mass is 79.9. The number of aliphatic imine (C=N–C) groups is 1. The number of hydrogen-bond donors (Lipinski definition) is 2. The number of rotatable bonds is 9. The Kier molecular flexibility index (Phi) is 12.5. The summed E-state index contributed by atoms with van der Waals surface area (Å²) in [6.45, 7) is 6.35. The Labute approximate surface area is 294 Å². The van der Waals surface area contributed by atoms with Gasteiger partial charge in [0.2, 0.25) is 0 Å². The van der Waals surface area contributed by atoms with Crippen LogP contribution in [-0.4, -0.2) is 126 Å². The second-order valence-electron chi connectivity index (χ2n) is 12.1. The van der Waals surface area contributed by atoms with Crippen LogP contribution in [0.5, 0.6) is 5.75 Å². The minimum atomic E-state index is -1.24. The Morgan fingerprint density at radius 1 is 1.08 bits per heavy atom. The fourth-order valence-electron chi connectivity index (χ4n) is 6.08. The highest BCUT2D eigenvalue weighted by Crippen LogP contribution is 2.27. The summed E-state index contributed by atoms with van der Waals surface area (Å²) in [5, 5.41) is 12.9. The van der Waals surface area contributed by atoms with Crippen LogP contribution in [0.3, 0.4) is 0 Å². The van der Waals surface area contributed by atoms with Crippen molar-refractivity contribution in [1.29, 1.82) is 0 Å². The third kappa shape index (κ3) is 9.96. The zero-order valence-electron chi connectivity index (χ0n) is 27.5. The number of phenolic OH excluding ortho intramolecular Hbond substituents is 1. The van der Waals surface area contributed by atoms with Crippen molar-refractivity contribution < 1.29 is 33.8 Å². The molecule has 2 fully saturated rings. The molecule has 260 valence electrons. The van der Waals surface area contributed by atoms with Gasteiger partial charge in [0, 0.05) is 69.8 Å². The van der Waals surface area contributed by atoms with Crippen molar-refractivity contribution in [2.75, 3.05) is 64.3 Å². The number of piperazine rings is 1. The quantitative estimate of drug-likeness (QED) is 0.223. The zero-order chi connectivity index (χ0) is 34.8. The molecule has 2 aromatic carbocycles. The molecule has 13 nitrogen and oxygen atoms in total. The molecule has 2 saturated heterocycles. The van der Waals surface area contributed by atoms with E-state index in [1.165, 1.54) is 6.07 Å². The van der Waals surface area contributed by atoms with E-state index in [1.54, 1.807) is 30.2 Å². The minimum Gasteiger partial charge on any atom is -0.507 e. The van der Waals surface area contributed by atoms with Gasteiger partial charge >= 0.3 is 18.1 Å². The summed E-state index contributed by atoms with van der Waals surface area (Å²) in [6, 6.07) is 12.4. The van der Waals surface area contributed by atoms with Crippen LogP contribution in [0.2, 0.25) is 0 Å². The third-order valence-electron chi connectivity index (χ3n) is 8.80. The number of phenols is 1. The molecule has 3 heterocycles. The van der Waals surface area contributed by atoms with E-state index >= 15 is 0 Å². The lowest BCUT2D eigenvalue weighted by Gasteiger charge is -2.37. The molecule has 3 aliphatic heterocycles. The number of carbonyl (C=O) groups is 4. The normalized spacial score (nSPS) is 17.4. The second-order valence-corrected chi connectivity index (χ2v) is 12.9. The molecule has 0 saturated carbocycles. The predicted octanol–water partition coefficient (Wildman–Crippen LogP) is 3.80. The molecule has 2 aromatic rings. The number of nitrogens with one attached hydrogen (secondary N) is 1. The molecule has 0 aliphatic carbocycles. The number of benzene rings is 2. The Bertz CT molecular complexity index is 1620. The monoisotopic (exact) mass is 736 g/mol. The van der Waals surface area contributed by atoms with Gasteiger partial charge in [-0.3, -0.25) is 14.5 Å². The van der Waals surface area contributed by atoms with Crippen molar-refractivity contribution in [2.24, 2.45) is 4.99 Å². The number of urea groups is 1. The molecule has 14 heteroatoms. The molecule has 1 atom stereocenters. The summed E-state index contributed by atoms with van der Waals surface area (Å²) in [6.07, 6.45) is 1.70. The lowest BCUT2D eigenvalue weighted by atomic mass is 10.0. The number of halogens is 1. The summed E-state index contributed by atoms with van der Waals surface area (Å²) in [5.74, 6) is 1.63. The number of ether oxygens (including phenoxy) is 2. The molecular weight excluding hydrogens is 696 g/mol. The van der Waals surface area contributed by atoms with Crippen LogP contribution < -0.4 is 5.32 Å². The second kappa shape index (κ2) is 17.2. The summed E-state index contributed by atoms with van der Waals surface area (Å²) < 4.78 is 11.2. The van der Waals surface area contributed by atoms with Gasteiger partial charge in [-0.1, -0.05) is 24.3 Å². The molecule has 3 aliphatic rings. The van der Waals surface area contributed by atoms with Crippen LogP contribution in [0, 0.1) is 0 Å². The van der Waals surface area contributed by atoms with Gasteiger partial charge in [-0.15, -0.1) is 0 Å². The van der Waals surface area contributed by atoms with E-state index in [-0.39, 0.29) is 36.8 Å². The van der Waals surface area contributed by atoms with Gasteiger partial charge in [0.15, 0.2) is 6.10 Å². The van der Waals surface area contributed by atoms with Gasteiger partial charge in [0.1, 0.15) is 5.75 Å². The smallest absolute Gasteiger partial charge is 0.410 e. The zero-order valence-corrected chi connectivity index (χ0v) is 29.1. The van der Waals surface area contributed by atoms with Crippen LogP contribution in [0.25, 0.3) is 0 Å². The number of aromatic hydroxyl groups is 1. The average molecular weight is 738 g/mol. The minimum absolute atomic E-state index is 0.0335. The van der Waals surface area contributed by atoms with Gasteiger partial charge in [-0.2, -0.15) is 4.99 Å². The first-order chi connectivity index (χ1) is 23.7. The molecule has 0 radical (unpaired) electrons. The van der Waals surface area contributed by atoms with Gasteiger partial charge in [-0.25, -0.2) is 9.59 Å². The highest BCUT2D eigenvalue weighted by Gasteiger charge is 2.33. The fraction of sp³-hybridized carbons (Fsp3) is 0.457. The number of likely N-dealkylation sites (tertiary alicyclic amines) is 1. The molecule has 2 N–H and O–H groups in total. The number of esters is 1. The van der Waals surface area contributed by atoms with Crippen LogP contribution in [0.15, 0.2) is 63.9 Å². The Morgan fingerprint density at radius 2 is 1.84 bits per heavy atom. The standard InChI is InChI=1S/C35H41BrN6O7/c1-2-48-32(44)24-40-20-18-39(19-21-40)14-5-13-37-33(45)31(23-25-8-9-30(43)28(36)22-25)49-35(47)41-15-11-27(12-16-41)42-17-10-26-6-3-4-7-29(26)38-34(42)46/h3-4,6-9,14,22,27,31,43H,2,10-12,15-21,23-24H2,1H3,(H,38,46)/t31-/m1/s1. The summed E-state index contributed by atoms with van der Waals surface area (Å²) >= 11 is 3.29. The summed E-state index contributed by atoms with van der Waals surface area (Å²) in [5.41, 5.74) is 5.36. The van der Waals surface area contributed by atoms with E-state index in [0.717, 1.165) is 17.7 Å². The van der Waals surface area contributed by atoms with Crippen molar-refractivity contribution in [3.05, 3.63) is 70.0 Å². The van der Waals surface area contributed by atoms with E-state index in [0.29, 0.717) is 75.3 Å². The van der Waals surface area contributed by atoms with E-state index in [9.17, 15) is 24.3 Å². The van der Waals surface area contributed by atoms with Crippen LogP contribution >= 0.6 is 15.9 Å². The number of hydrogen-bond acceptors (Lipinski definition) is 9.